The number of benzene rings is 2. The molecule has 2 amide bonds. The molecule has 1 unspecified atom stereocenters. The van der Waals surface area contributed by atoms with E-state index in [0.29, 0.717) is 0 Å². The standard InChI is InChI=1S/C18H21N3OS/c1-20(2)16-10-8-14(9-11-16)17-21(12-13-23-17)18(22)19-15-6-4-3-5-7-15/h3-11,17H,12-13H2,1-2H3,(H,19,22). The lowest BCUT2D eigenvalue weighted by Crippen LogP contribution is -2.34. The van der Waals surface area contributed by atoms with Crippen LogP contribution in [-0.4, -0.2) is 37.3 Å². The number of para-hydroxylation sites is 1. The summed E-state index contributed by atoms with van der Waals surface area (Å²) in [4.78, 5) is 16.5. The van der Waals surface area contributed by atoms with Gasteiger partial charge in [-0.2, -0.15) is 0 Å². The third kappa shape index (κ3) is 3.62. The fraction of sp³-hybridized carbons (Fsp3) is 0.278. The number of urea groups is 1. The molecule has 1 heterocycles. The lowest BCUT2D eigenvalue weighted by molar-refractivity contribution is 0.214. The summed E-state index contributed by atoms with van der Waals surface area (Å²) in [6.07, 6.45) is 0. The van der Waals surface area contributed by atoms with Crippen molar-refractivity contribution in [2.45, 2.75) is 5.37 Å². The first-order chi connectivity index (χ1) is 11.1. The Labute approximate surface area is 141 Å². The SMILES string of the molecule is CN(C)c1ccc(C2SCCN2C(=O)Nc2ccccc2)cc1. The molecule has 5 heteroatoms. The van der Waals surface area contributed by atoms with Gasteiger partial charge in [-0.1, -0.05) is 30.3 Å². The zero-order valence-corrected chi connectivity index (χ0v) is 14.2. The lowest BCUT2D eigenvalue weighted by atomic mass is 10.2. The second kappa shape index (κ2) is 6.96. The Morgan fingerprint density at radius 1 is 1.13 bits per heavy atom. The van der Waals surface area contributed by atoms with Gasteiger partial charge < -0.3 is 15.1 Å². The number of carbonyl (C=O) groups is 1. The van der Waals surface area contributed by atoms with Crippen molar-refractivity contribution in [3.05, 3.63) is 60.2 Å². The minimum absolute atomic E-state index is 0.0390. The van der Waals surface area contributed by atoms with Crippen LogP contribution in [0.5, 0.6) is 0 Å². The number of nitrogens with zero attached hydrogens (tertiary/aromatic N) is 2. The summed E-state index contributed by atoms with van der Waals surface area (Å²) >= 11 is 1.81. The van der Waals surface area contributed by atoms with E-state index in [1.807, 2.05) is 61.1 Å². The highest BCUT2D eigenvalue weighted by atomic mass is 32.2. The van der Waals surface area contributed by atoms with Gasteiger partial charge in [0.05, 0.1) is 0 Å². The number of carbonyl (C=O) groups excluding carboxylic acids is 1. The van der Waals surface area contributed by atoms with Crippen LogP contribution in [-0.2, 0) is 0 Å². The van der Waals surface area contributed by atoms with Gasteiger partial charge in [-0.3, -0.25) is 0 Å². The smallest absolute Gasteiger partial charge is 0.323 e. The quantitative estimate of drug-likeness (QED) is 0.924. The van der Waals surface area contributed by atoms with Crippen molar-refractivity contribution in [1.29, 1.82) is 0 Å². The van der Waals surface area contributed by atoms with Gasteiger partial charge in [0.1, 0.15) is 5.37 Å². The van der Waals surface area contributed by atoms with Crippen molar-refractivity contribution >= 4 is 29.2 Å². The Hall–Kier alpha value is -2.14. The van der Waals surface area contributed by atoms with Crippen LogP contribution in [0.3, 0.4) is 0 Å². The number of thioether (sulfide) groups is 1. The molecule has 0 aliphatic carbocycles. The summed E-state index contributed by atoms with van der Waals surface area (Å²) in [7, 11) is 4.05. The number of amides is 2. The molecule has 1 fully saturated rings. The first kappa shape index (κ1) is 15.7. The highest BCUT2D eigenvalue weighted by molar-refractivity contribution is 7.99. The molecule has 2 aromatic carbocycles. The van der Waals surface area contributed by atoms with Crippen LogP contribution in [0.4, 0.5) is 16.2 Å². The van der Waals surface area contributed by atoms with Crippen LogP contribution >= 0.6 is 11.8 Å². The molecule has 2 aromatic rings. The normalized spacial score (nSPS) is 17.1. The van der Waals surface area contributed by atoms with Crippen LogP contribution in [0.1, 0.15) is 10.9 Å². The molecule has 0 saturated carbocycles. The zero-order valence-electron chi connectivity index (χ0n) is 13.4. The van der Waals surface area contributed by atoms with E-state index in [2.05, 4.69) is 34.5 Å². The molecule has 1 aliphatic rings. The third-order valence-corrected chi connectivity index (χ3v) is 5.13. The molecule has 1 N–H and O–H groups in total. The van der Waals surface area contributed by atoms with Crippen molar-refractivity contribution in [3.8, 4) is 0 Å². The van der Waals surface area contributed by atoms with Crippen LogP contribution in [0.2, 0.25) is 0 Å². The Morgan fingerprint density at radius 2 is 1.83 bits per heavy atom. The Balaban J connectivity index is 1.73. The molecule has 1 aliphatic heterocycles. The third-order valence-electron chi connectivity index (χ3n) is 3.87. The van der Waals surface area contributed by atoms with Gasteiger partial charge in [-0.05, 0) is 29.8 Å². The van der Waals surface area contributed by atoms with E-state index in [-0.39, 0.29) is 11.4 Å². The number of rotatable bonds is 3. The molecule has 1 atom stereocenters. The summed E-state index contributed by atoms with van der Waals surface area (Å²) in [6, 6.07) is 18.0. The predicted molar refractivity (Wildman–Crippen MR) is 98.1 cm³/mol. The van der Waals surface area contributed by atoms with E-state index in [9.17, 15) is 4.79 Å². The maximum atomic E-state index is 12.6. The van der Waals surface area contributed by atoms with Crippen molar-refractivity contribution in [3.63, 3.8) is 0 Å². The molecular weight excluding hydrogens is 306 g/mol. The van der Waals surface area contributed by atoms with Gasteiger partial charge in [-0.25, -0.2) is 4.79 Å². The molecule has 23 heavy (non-hydrogen) atoms. The van der Waals surface area contributed by atoms with Gasteiger partial charge in [0, 0.05) is 37.8 Å². The monoisotopic (exact) mass is 327 g/mol. The van der Waals surface area contributed by atoms with E-state index in [1.54, 1.807) is 0 Å². The number of hydrogen-bond donors (Lipinski definition) is 1. The first-order valence-electron chi connectivity index (χ1n) is 7.67. The van der Waals surface area contributed by atoms with Gasteiger partial charge in [0.25, 0.3) is 0 Å². The Bertz CT molecular complexity index is 658. The van der Waals surface area contributed by atoms with Crippen molar-refractivity contribution in [1.82, 2.24) is 4.90 Å². The number of anilines is 2. The largest absolute Gasteiger partial charge is 0.378 e. The molecule has 1 saturated heterocycles. The van der Waals surface area contributed by atoms with Gasteiger partial charge in [-0.15, -0.1) is 11.8 Å². The topological polar surface area (TPSA) is 35.6 Å². The zero-order chi connectivity index (χ0) is 16.2. The molecule has 0 radical (unpaired) electrons. The van der Waals surface area contributed by atoms with Crippen LogP contribution < -0.4 is 10.2 Å². The fourth-order valence-electron chi connectivity index (χ4n) is 2.61. The van der Waals surface area contributed by atoms with Gasteiger partial charge in [0.2, 0.25) is 0 Å². The van der Waals surface area contributed by atoms with E-state index in [4.69, 9.17) is 0 Å². The van der Waals surface area contributed by atoms with Crippen molar-refractivity contribution in [2.75, 3.05) is 36.6 Å². The molecule has 0 bridgehead atoms. The average molecular weight is 327 g/mol. The first-order valence-corrected chi connectivity index (χ1v) is 8.71. The van der Waals surface area contributed by atoms with E-state index < -0.39 is 0 Å². The molecule has 0 spiro atoms. The van der Waals surface area contributed by atoms with Crippen molar-refractivity contribution < 1.29 is 4.79 Å². The van der Waals surface area contributed by atoms with E-state index >= 15 is 0 Å². The molecule has 120 valence electrons. The lowest BCUT2D eigenvalue weighted by Gasteiger charge is -2.25. The van der Waals surface area contributed by atoms with Crippen LogP contribution in [0.25, 0.3) is 0 Å². The minimum atomic E-state index is -0.0390. The summed E-state index contributed by atoms with van der Waals surface area (Å²) in [5.74, 6) is 0.961. The highest BCUT2D eigenvalue weighted by Gasteiger charge is 2.30. The van der Waals surface area contributed by atoms with E-state index in [1.165, 1.54) is 5.56 Å². The van der Waals surface area contributed by atoms with E-state index in [0.717, 1.165) is 23.7 Å². The van der Waals surface area contributed by atoms with Gasteiger partial charge >= 0.3 is 6.03 Å². The molecular formula is C18H21N3OS. The summed E-state index contributed by atoms with van der Waals surface area (Å²) in [5, 5.41) is 3.06. The molecule has 0 aromatic heterocycles. The molecule has 3 rings (SSSR count). The van der Waals surface area contributed by atoms with Crippen molar-refractivity contribution in [2.24, 2.45) is 0 Å². The van der Waals surface area contributed by atoms with Gasteiger partial charge in [0.15, 0.2) is 0 Å². The summed E-state index contributed by atoms with van der Waals surface area (Å²) in [6.45, 7) is 0.767. The van der Waals surface area contributed by atoms with Crippen LogP contribution in [0.15, 0.2) is 54.6 Å². The second-order valence-electron chi connectivity index (χ2n) is 5.70. The maximum absolute atomic E-state index is 12.6. The number of nitrogens with one attached hydrogen (secondary N) is 1. The predicted octanol–water partition coefficient (Wildman–Crippen LogP) is 4.03. The average Bonchev–Trinajstić information content (AvgIpc) is 3.05. The summed E-state index contributed by atoms with van der Waals surface area (Å²) < 4.78 is 0. The van der Waals surface area contributed by atoms with Crippen LogP contribution in [0, 0.1) is 0 Å². The minimum Gasteiger partial charge on any atom is -0.378 e. The summed E-state index contributed by atoms with van der Waals surface area (Å²) in [5.41, 5.74) is 3.16. The Morgan fingerprint density at radius 3 is 2.48 bits per heavy atom. The second-order valence-corrected chi connectivity index (χ2v) is 6.89. The maximum Gasteiger partial charge on any atom is 0.323 e. The molecule has 4 nitrogen and oxygen atoms in total. The highest BCUT2D eigenvalue weighted by Crippen LogP contribution is 2.38. The number of hydrogen-bond acceptors (Lipinski definition) is 3. The fourth-order valence-corrected chi connectivity index (χ4v) is 3.86. The Kier molecular flexibility index (Phi) is 4.76.